The van der Waals surface area contributed by atoms with E-state index in [9.17, 15) is 22.8 Å². The number of halogens is 3. The minimum absolute atomic E-state index is 0.0833. The summed E-state index contributed by atoms with van der Waals surface area (Å²) < 4.78 is 43.1. The van der Waals surface area contributed by atoms with Gasteiger partial charge in [0, 0.05) is 12.6 Å². The lowest BCUT2D eigenvalue weighted by Gasteiger charge is -2.20. The van der Waals surface area contributed by atoms with Gasteiger partial charge in [-0.3, -0.25) is 9.59 Å². The van der Waals surface area contributed by atoms with Gasteiger partial charge in [-0.1, -0.05) is 30.3 Å². The fourth-order valence-corrected chi connectivity index (χ4v) is 2.60. The highest BCUT2D eigenvalue weighted by atomic mass is 19.4. The SMILES string of the molecule is CCOC(=O)CN(Cc1ccc(C(F)(F)F)cc1)C(=O)/C=C/c1ccccc1C#N. The summed E-state index contributed by atoms with van der Waals surface area (Å²) in [6.45, 7) is 1.31. The summed E-state index contributed by atoms with van der Waals surface area (Å²) in [5.74, 6) is -1.18. The molecule has 30 heavy (non-hydrogen) atoms. The van der Waals surface area contributed by atoms with Crippen LogP contribution in [0.2, 0.25) is 0 Å². The number of rotatable bonds is 7. The van der Waals surface area contributed by atoms with Gasteiger partial charge in [-0.15, -0.1) is 0 Å². The Bertz CT molecular complexity index is 961. The summed E-state index contributed by atoms with van der Waals surface area (Å²) in [6, 6.07) is 13.0. The van der Waals surface area contributed by atoms with E-state index in [-0.39, 0.29) is 19.7 Å². The van der Waals surface area contributed by atoms with Crippen LogP contribution in [0, 0.1) is 11.3 Å². The molecule has 0 radical (unpaired) electrons. The molecule has 0 atom stereocenters. The van der Waals surface area contributed by atoms with E-state index in [1.54, 1.807) is 31.2 Å². The Morgan fingerprint density at radius 3 is 2.40 bits per heavy atom. The molecular weight excluding hydrogens is 397 g/mol. The molecule has 8 heteroatoms. The third kappa shape index (κ3) is 6.48. The zero-order valence-corrected chi connectivity index (χ0v) is 16.1. The van der Waals surface area contributed by atoms with Crippen molar-refractivity contribution in [3.63, 3.8) is 0 Å². The molecule has 0 unspecified atom stereocenters. The normalized spacial score (nSPS) is 11.2. The third-order valence-corrected chi connectivity index (χ3v) is 4.08. The number of hydrogen-bond acceptors (Lipinski definition) is 4. The van der Waals surface area contributed by atoms with E-state index >= 15 is 0 Å². The number of amides is 1. The van der Waals surface area contributed by atoms with Crippen molar-refractivity contribution in [1.29, 1.82) is 5.26 Å². The monoisotopic (exact) mass is 416 g/mol. The lowest BCUT2D eigenvalue weighted by atomic mass is 10.1. The molecule has 2 aromatic rings. The second-order valence-electron chi connectivity index (χ2n) is 6.23. The van der Waals surface area contributed by atoms with Crippen LogP contribution in [0.3, 0.4) is 0 Å². The zero-order valence-electron chi connectivity index (χ0n) is 16.1. The summed E-state index contributed by atoms with van der Waals surface area (Å²) in [6.07, 6.45) is -1.80. The maximum Gasteiger partial charge on any atom is 0.416 e. The van der Waals surface area contributed by atoms with Crippen molar-refractivity contribution in [2.45, 2.75) is 19.6 Å². The van der Waals surface area contributed by atoms with Crippen LogP contribution in [0.15, 0.2) is 54.6 Å². The van der Waals surface area contributed by atoms with Crippen molar-refractivity contribution >= 4 is 18.0 Å². The molecule has 0 bridgehead atoms. The van der Waals surface area contributed by atoms with E-state index in [0.717, 1.165) is 17.0 Å². The highest BCUT2D eigenvalue weighted by Crippen LogP contribution is 2.29. The van der Waals surface area contributed by atoms with Gasteiger partial charge < -0.3 is 9.64 Å². The van der Waals surface area contributed by atoms with E-state index in [1.807, 2.05) is 6.07 Å². The predicted molar refractivity (Wildman–Crippen MR) is 104 cm³/mol. The number of hydrogen-bond donors (Lipinski definition) is 0. The van der Waals surface area contributed by atoms with Crippen molar-refractivity contribution in [3.05, 3.63) is 76.9 Å². The first kappa shape index (κ1) is 22.7. The first-order valence-electron chi connectivity index (χ1n) is 9.02. The number of carbonyl (C=O) groups is 2. The van der Waals surface area contributed by atoms with Crippen molar-refractivity contribution in [3.8, 4) is 6.07 Å². The van der Waals surface area contributed by atoms with Crippen molar-refractivity contribution in [2.24, 2.45) is 0 Å². The van der Waals surface area contributed by atoms with E-state index in [2.05, 4.69) is 0 Å². The van der Waals surface area contributed by atoms with Crippen LogP contribution >= 0.6 is 0 Å². The van der Waals surface area contributed by atoms with Crippen LogP contribution in [-0.2, 0) is 27.0 Å². The van der Waals surface area contributed by atoms with Gasteiger partial charge in [0.25, 0.3) is 0 Å². The fraction of sp³-hybridized carbons (Fsp3) is 0.227. The van der Waals surface area contributed by atoms with Crippen LogP contribution in [0.4, 0.5) is 13.2 Å². The summed E-state index contributed by atoms with van der Waals surface area (Å²) in [7, 11) is 0. The molecule has 2 aromatic carbocycles. The predicted octanol–water partition coefficient (Wildman–Crippen LogP) is 4.18. The first-order valence-corrected chi connectivity index (χ1v) is 9.02. The highest BCUT2D eigenvalue weighted by Gasteiger charge is 2.30. The molecule has 5 nitrogen and oxygen atoms in total. The molecular formula is C22H19F3N2O3. The van der Waals surface area contributed by atoms with E-state index in [0.29, 0.717) is 16.7 Å². The van der Waals surface area contributed by atoms with Crippen LogP contribution in [0.25, 0.3) is 6.08 Å². The van der Waals surface area contributed by atoms with Crippen LogP contribution in [0.5, 0.6) is 0 Å². The quantitative estimate of drug-likeness (QED) is 0.502. The summed E-state index contributed by atoms with van der Waals surface area (Å²) in [5.41, 5.74) is 0.522. The van der Waals surface area contributed by atoms with E-state index in [1.165, 1.54) is 24.3 Å². The third-order valence-electron chi connectivity index (χ3n) is 4.08. The number of nitrogens with zero attached hydrogens (tertiary/aromatic N) is 2. The van der Waals surface area contributed by atoms with Gasteiger partial charge in [0.1, 0.15) is 6.54 Å². The molecule has 2 rings (SSSR count). The minimum atomic E-state index is -4.46. The van der Waals surface area contributed by atoms with Crippen LogP contribution < -0.4 is 0 Å². The summed E-state index contributed by atoms with van der Waals surface area (Å²) >= 11 is 0. The van der Waals surface area contributed by atoms with E-state index < -0.39 is 23.6 Å². The Kier molecular flexibility index (Phi) is 7.76. The summed E-state index contributed by atoms with van der Waals surface area (Å²) in [5, 5.41) is 9.12. The number of esters is 1. The van der Waals surface area contributed by atoms with Gasteiger partial charge in [-0.2, -0.15) is 18.4 Å². The fourth-order valence-electron chi connectivity index (χ4n) is 2.60. The van der Waals surface area contributed by atoms with Gasteiger partial charge in [0.15, 0.2) is 0 Å². The number of nitriles is 1. The van der Waals surface area contributed by atoms with Crippen LogP contribution in [0.1, 0.15) is 29.2 Å². The largest absolute Gasteiger partial charge is 0.465 e. The Labute approximate surface area is 172 Å². The second kappa shape index (κ2) is 10.3. The molecule has 0 heterocycles. The van der Waals surface area contributed by atoms with E-state index in [4.69, 9.17) is 10.00 Å². The number of ether oxygens (including phenoxy) is 1. The maximum atomic E-state index is 12.7. The summed E-state index contributed by atoms with van der Waals surface area (Å²) in [4.78, 5) is 25.7. The Morgan fingerprint density at radius 2 is 1.80 bits per heavy atom. The molecule has 0 aromatic heterocycles. The number of benzene rings is 2. The number of carbonyl (C=O) groups excluding carboxylic acids is 2. The molecule has 1 amide bonds. The topological polar surface area (TPSA) is 70.4 Å². The molecule has 0 fully saturated rings. The highest BCUT2D eigenvalue weighted by molar-refractivity contribution is 5.94. The molecule has 0 saturated carbocycles. The smallest absolute Gasteiger partial charge is 0.416 e. The average molecular weight is 416 g/mol. The average Bonchev–Trinajstić information content (AvgIpc) is 2.71. The standard InChI is InChI=1S/C22H19F3N2O3/c1-2-30-21(29)15-27(14-16-7-10-19(11-8-16)22(23,24)25)20(28)12-9-17-5-3-4-6-18(17)13-26/h3-12H,2,14-15H2,1H3/b12-9+. The van der Waals surface area contributed by atoms with Crippen LogP contribution in [-0.4, -0.2) is 29.9 Å². The van der Waals surface area contributed by atoms with Crippen molar-refractivity contribution in [1.82, 2.24) is 4.90 Å². The molecule has 0 aliphatic heterocycles. The van der Waals surface area contributed by atoms with Crippen molar-refractivity contribution < 1.29 is 27.5 Å². The van der Waals surface area contributed by atoms with Gasteiger partial charge in [0.05, 0.1) is 23.8 Å². The minimum Gasteiger partial charge on any atom is -0.465 e. The first-order chi connectivity index (χ1) is 14.2. The Morgan fingerprint density at radius 1 is 1.13 bits per heavy atom. The second-order valence-corrected chi connectivity index (χ2v) is 6.23. The zero-order chi connectivity index (χ0) is 22.1. The molecule has 0 spiro atoms. The molecule has 0 aliphatic carbocycles. The maximum absolute atomic E-state index is 12.7. The molecule has 0 saturated heterocycles. The van der Waals surface area contributed by atoms with Gasteiger partial charge in [-0.05, 0) is 42.3 Å². The molecule has 0 N–H and O–H groups in total. The Hall–Kier alpha value is -3.60. The molecule has 0 aliphatic rings. The lowest BCUT2D eigenvalue weighted by molar-refractivity contribution is -0.148. The number of alkyl halides is 3. The lowest BCUT2D eigenvalue weighted by Crippen LogP contribution is -2.35. The van der Waals surface area contributed by atoms with Gasteiger partial charge >= 0.3 is 12.1 Å². The van der Waals surface area contributed by atoms with Gasteiger partial charge in [0.2, 0.25) is 5.91 Å². The van der Waals surface area contributed by atoms with Gasteiger partial charge in [-0.25, -0.2) is 0 Å². The van der Waals surface area contributed by atoms with Crippen molar-refractivity contribution in [2.75, 3.05) is 13.2 Å². The Balaban J connectivity index is 2.21. The molecule has 156 valence electrons.